The first-order valence-corrected chi connectivity index (χ1v) is 18.8. The second kappa shape index (κ2) is 17.5. The molecule has 14 nitrogen and oxygen atoms in total. The number of esters is 1. The van der Waals surface area contributed by atoms with Crippen molar-refractivity contribution in [3.63, 3.8) is 0 Å². The normalized spacial score (nSPS) is 27.4. The summed E-state index contributed by atoms with van der Waals surface area (Å²) < 4.78 is 34.1. The molecule has 3 fully saturated rings. The summed E-state index contributed by atoms with van der Waals surface area (Å²) in [6.45, 7) is 8.54. The molecule has 0 unspecified atom stereocenters. The average molecular weight is 769 g/mol. The number of benzene rings is 1. The molecule has 3 aliphatic heterocycles. The molecule has 16 heteroatoms. The van der Waals surface area contributed by atoms with E-state index in [1.54, 1.807) is 6.08 Å². The third-order valence-electron chi connectivity index (χ3n) is 11.1. The Morgan fingerprint density at radius 3 is 2.20 bits per heavy atom. The fourth-order valence-electron chi connectivity index (χ4n) is 7.63. The van der Waals surface area contributed by atoms with E-state index in [4.69, 9.17) is 4.74 Å². The molecule has 1 aliphatic carbocycles. The van der Waals surface area contributed by atoms with Crippen molar-refractivity contribution in [2.45, 2.75) is 108 Å². The SMILES string of the molecule is C=C(C)[C@@H]1CC=C(C(=O)N[C@@H](Cc2cc(F)cc(F)c2)C(=O)N[C@H]2COC(=O)[C@@H]3CCCN3C(=O)[C@H](C)NC(=O)[C@H](C)N(C)C(=O)[C@@H]3CCCN3C2=O)CC1. The van der Waals surface area contributed by atoms with Crippen LogP contribution in [-0.4, -0.2) is 119 Å². The quantitative estimate of drug-likeness (QED) is 0.278. The molecule has 7 atom stereocenters. The van der Waals surface area contributed by atoms with Gasteiger partial charge in [-0.2, -0.15) is 0 Å². The topological polar surface area (TPSA) is 175 Å². The van der Waals surface area contributed by atoms with Gasteiger partial charge in [0, 0.05) is 38.2 Å². The number of rotatable bonds is 7. The summed E-state index contributed by atoms with van der Waals surface area (Å²) in [5.41, 5.74) is 1.46. The van der Waals surface area contributed by atoms with E-state index in [2.05, 4.69) is 22.5 Å². The van der Waals surface area contributed by atoms with Crippen molar-refractivity contribution in [2.24, 2.45) is 5.92 Å². The van der Waals surface area contributed by atoms with Crippen LogP contribution in [0.4, 0.5) is 8.78 Å². The Bertz CT molecular complexity index is 1750. The third-order valence-corrected chi connectivity index (χ3v) is 11.1. The second-order valence-corrected chi connectivity index (χ2v) is 15.0. The van der Waals surface area contributed by atoms with Crippen LogP contribution in [0.15, 0.2) is 42.0 Å². The maximum Gasteiger partial charge on any atom is 0.328 e. The number of allylic oxidation sites excluding steroid dienone is 2. The molecule has 0 radical (unpaired) electrons. The van der Waals surface area contributed by atoms with E-state index in [0.29, 0.717) is 43.7 Å². The smallest absolute Gasteiger partial charge is 0.328 e. The molecule has 55 heavy (non-hydrogen) atoms. The third kappa shape index (κ3) is 9.57. The number of hydrogen-bond donors (Lipinski definition) is 3. The number of nitrogens with one attached hydrogen (secondary N) is 3. The van der Waals surface area contributed by atoms with Crippen molar-refractivity contribution in [3.8, 4) is 0 Å². The first-order chi connectivity index (χ1) is 26.0. The predicted octanol–water partition coefficient (Wildman–Crippen LogP) is 1.67. The molecule has 6 amide bonds. The highest BCUT2D eigenvalue weighted by Crippen LogP contribution is 2.29. The van der Waals surface area contributed by atoms with Crippen LogP contribution in [0.2, 0.25) is 0 Å². The lowest BCUT2D eigenvalue weighted by atomic mass is 9.85. The van der Waals surface area contributed by atoms with Crippen molar-refractivity contribution in [1.29, 1.82) is 0 Å². The predicted molar refractivity (Wildman–Crippen MR) is 194 cm³/mol. The second-order valence-electron chi connectivity index (χ2n) is 15.0. The Balaban J connectivity index is 1.45. The van der Waals surface area contributed by atoms with Gasteiger partial charge in [-0.15, -0.1) is 0 Å². The van der Waals surface area contributed by atoms with Gasteiger partial charge in [-0.25, -0.2) is 13.6 Å². The summed E-state index contributed by atoms with van der Waals surface area (Å²) in [5, 5.41) is 7.89. The van der Waals surface area contributed by atoms with Gasteiger partial charge in [0.25, 0.3) is 0 Å². The molecule has 3 saturated heterocycles. The zero-order chi connectivity index (χ0) is 40.1. The van der Waals surface area contributed by atoms with Crippen molar-refractivity contribution < 1.29 is 47.1 Å². The fraction of sp³-hybridized carbons (Fsp3) is 0.564. The number of carbonyl (C=O) groups is 7. The van der Waals surface area contributed by atoms with E-state index in [0.717, 1.165) is 17.7 Å². The van der Waals surface area contributed by atoms with E-state index >= 15 is 0 Å². The Morgan fingerprint density at radius 1 is 0.945 bits per heavy atom. The number of ether oxygens (including phenoxy) is 1. The summed E-state index contributed by atoms with van der Waals surface area (Å²) in [4.78, 5) is 99.6. The summed E-state index contributed by atoms with van der Waals surface area (Å²) in [7, 11) is 1.42. The summed E-state index contributed by atoms with van der Waals surface area (Å²) in [6.07, 6.45) is 4.46. The van der Waals surface area contributed by atoms with Crippen LogP contribution in [0.3, 0.4) is 0 Å². The first-order valence-electron chi connectivity index (χ1n) is 18.8. The summed E-state index contributed by atoms with van der Waals surface area (Å²) in [5.74, 6) is -6.33. The van der Waals surface area contributed by atoms with E-state index < -0.39 is 95.9 Å². The zero-order valence-corrected chi connectivity index (χ0v) is 31.7. The Labute approximate surface area is 319 Å². The van der Waals surface area contributed by atoms with Crippen LogP contribution in [-0.2, 0) is 44.7 Å². The van der Waals surface area contributed by atoms with Crippen LogP contribution in [0, 0.1) is 17.6 Å². The van der Waals surface area contributed by atoms with Gasteiger partial charge >= 0.3 is 5.97 Å². The molecule has 3 heterocycles. The number of amides is 6. The largest absolute Gasteiger partial charge is 0.461 e. The number of hydrogen-bond acceptors (Lipinski definition) is 8. The minimum atomic E-state index is -1.57. The Morgan fingerprint density at radius 2 is 1.58 bits per heavy atom. The number of likely N-dealkylation sites (N-methyl/N-ethyl adjacent to an activating group) is 1. The number of carbonyl (C=O) groups excluding carboxylic acids is 7. The maximum atomic E-state index is 14.3. The molecular formula is C39H50F2N6O8. The van der Waals surface area contributed by atoms with Gasteiger partial charge in [0.05, 0.1) is 0 Å². The van der Waals surface area contributed by atoms with Crippen molar-refractivity contribution >= 4 is 41.4 Å². The van der Waals surface area contributed by atoms with Gasteiger partial charge in [-0.3, -0.25) is 28.8 Å². The minimum absolute atomic E-state index is 0.0558. The molecule has 1 aromatic rings. The van der Waals surface area contributed by atoms with Crippen molar-refractivity contribution in [3.05, 3.63) is 59.2 Å². The molecular weight excluding hydrogens is 718 g/mol. The highest BCUT2D eigenvalue weighted by atomic mass is 19.1. The van der Waals surface area contributed by atoms with Gasteiger partial charge in [0.2, 0.25) is 35.4 Å². The van der Waals surface area contributed by atoms with E-state index in [-0.39, 0.29) is 43.8 Å². The molecule has 1 aromatic carbocycles. The number of halogens is 2. The molecule has 0 aromatic heterocycles. The van der Waals surface area contributed by atoms with Gasteiger partial charge in [-0.05, 0) is 89.3 Å². The highest BCUT2D eigenvalue weighted by molar-refractivity contribution is 5.99. The molecule has 5 rings (SSSR count). The molecule has 298 valence electrons. The lowest BCUT2D eigenvalue weighted by molar-refractivity contribution is -0.158. The highest BCUT2D eigenvalue weighted by Gasteiger charge is 2.43. The van der Waals surface area contributed by atoms with Crippen molar-refractivity contribution in [1.82, 2.24) is 30.7 Å². The van der Waals surface area contributed by atoms with E-state index in [1.165, 1.54) is 35.6 Å². The molecule has 0 saturated carbocycles. The van der Waals surface area contributed by atoms with Gasteiger partial charge in [-0.1, -0.05) is 18.2 Å². The summed E-state index contributed by atoms with van der Waals surface area (Å²) >= 11 is 0. The number of cyclic esters (lactones) is 1. The molecule has 0 spiro atoms. The lowest BCUT2D eigenvalue weighted by Crippen LogP contribution is -2.60. The number of fused-ring (bicyclic) bond motifs is 2. The Kier molecular flexibility index (Phi) is 13.1. The van der Waals surface area contributed by atoms with Crippen LogP contribution in [0.5, 0.6) is 0 Å². The monoisotopic (exact) mass is 768 g/mol. The van der Waals surface area contributed by atoms with E-state index in [1.807, 2.05) is 6.92 Å². The Hall–Kier alpha value is -5.15. The first kappa shape index (κ1) is 41.0. The molecule has 0 bridgehead atoms. The lowest BCUT2D eigenvalue weighted by Gasteiger charge is -2.34. The maximum absolute atomic E-state index is 14.3. The fourth-order valence-corrected chi connectivity index (χ4v) is 7.63. The minimum Gasteiger partial charge on any atom is -0.461 e. The zero-order valence-electron chi connectivity index (χ0n) is 31.7. The average Bonchev–Trinajstić information content (AvgIpc) is 3.85. The van der Waals surface area contributed by atoms with Gasteiger partial charge < -0.3 is 35.4 Å². The number of nitrogens with zero attached hydrogens (tertiary/aromatic N) is 3. The van der Waals surface area contributed by atoms with Crippen LogP contribution < -0.4 is 16.0 Å². The molecule has 4 aliphatic rings. The van der Waals surface area contributed by atoms with Crippen LogP contribution >= 0.6 is 0 Å². The standard InChI is InChI=1S/C39H50F2N6O8/c1-21(2)25-10-12-26(13-11-25)34(49)43-29(18-24-16-27(40)19-28(41)17-24)35(50)44-30-20-55-39(54)32-9-7-15-47(32)36(51)22(3)42-33(48)23(4)45(5)38(53)31-8-6-14-46(31)37(30)52/h12,16-17,19,22-23,25,29-32H,1,6-11,13-15,18,20H2,2-5H3,(H,42,48)(H,43,49)(H,44,50)/t22-,23-,25+,29-,30-,31-,32-/m0/s1. The van der Waals surface area contributed by atoms with Crippen LogP contribution in [0.1, 0.15) is 71.3 Å². The van der Waals surface area contributed by atoms with Gasteiger partial charge in [0.1, 0.15) is 54.5 Å². The van der Waals surface area contributed by atoms with E-state index in [9.17, 15) is 42.3 Å². The summed E-state index contributed by atoms with van der Waals surface area (Å²) in [6, 6.07) is -4.36. The van der Waals surface area contributed by atoms with Gasteiger partial charge in [0.15, 0.2) is 0 Å². The van der Waals surface area contributed by atoms with Crippen molar-refractivity contribution in [2.75, 3.05) is 26.7 Å². The van der Waals surface area contributed by atoms with Crippen LogP contribution in [0.25, 0.3) is 0 Å². The molecule has 3 N–H and O–H groups in total.